The first-order chi connectivity index (χ1) is 15.5. The number of hydrogen-bond donors (Lipinski definition) is 1. The summed E-state index contributed by atoms with van der Waals surface area (Å²) >= 11 is 9.79. The number of amides is 1. The van der Waals surface area contributed by atoms with Crippen molar-refractivity contribution in [2.45, 2.75) is 13.8 Å². The average Bonchev–Trinajstić information content (AvgIpc) is 3.23. The van der Waals surface area contributed by atoms with Crippen LogP contribution in [0, 0.1) is 6.92 Å². The maximum absolute atomic E-state index is 12.9. The standard InChI is InChI=1S/C24H20BrClN4O2/c1-3-32-19-13-11-18(12-14-19)27-24(31)22-28-23(16-7-9-17(25)10-8-16)30(29-22)21-6-4-5-20(26)15(21)2/h4-14H,3H2,1-2H3,(H,27,31). The Balaban J connectivity index is 1.72. The number of hydrogen-bond acceptors (Lipinski definition) is 4. The smallest absolute Gasteiger partial charge is 0.295 e. The molecular weight excluding hydrogens is 492 g/mol. The summed E-state index contributed by atoms with van der Waals surface area (Å²) in [4.78, 5) is 17.5. The molecule has 4 aromatic rings. The summed E-state index contributed by atoms with van der Waals surface area (Å²) in [6, 6.07) is 20.4. The summed E-state index contributed by atoms with van der Waals surface area (Å²) in [6.07, 6.45) is 0. The quantitative estimate of drug-likeness (QED) is 0.329. The highest BCUT2D eigenvalue weighted by molar-refractivity contribution is 9.10. The third-order valence-corrected chi connectivity index (χ3v) is 5.74. The second-order valence-corrected chi connectivity index (χ2v) is 8.30. The van der Waals surface area contributed by atoms with Crippen LogP contribution in [0.1, 0.15) is 23.1 Å². The highest BCUT2D eigenvalue weighted by Crippen LogP contribution is 2.28. The molecule has 0 bridgehead atoms. The van der Waals surface area contributed by atoms with E-state index in [0.717, 1.165) is 27.0 Å². The number of rotatable bonds is 6. The topological polar surface area (TPSA) is 69.0 Å². The highest BCUT2D eigenvalue weighted by atomic mass is 79.9. The van der Waals surface area contributed by atoms with Crippen molar-refractivity contribution in [3.8, 4) is 22.8 Å². The number of nitrogens with zero attached hydrogens (tertiary/aromatic N) is 3. The second kappa shape index (κ2) is 9.54. The number of halogens is 2. The van der Waals surface area contributed by atoms with Crippen molar-refractivity contribution >= 4 is 39.1 Å². The van der Waals surface area contributed by atoms with E-state index in [1.807, 2.05) is 56.3 Å². The van der Waals surface area contributed by atoms with E-state index in [9.17, 15) is 4.79 Å². The number of ether oxygens (including phenoxy) is 1. The van der Waals surface area contributed by atoms with Crippen LogP contribution >= 0.6 is 27.5 Å². The third kappa shape index (κ3) is 4.69. The molecule has 0 saturated carbocycles. The Bertz CT molecular complexity index is 1250. The fraction of sp³-hybridized carbons (Fsp3) is 0.125. The van der Waals surface area contributed by atoms with E-state index in [-0.39, 0.29) is 5.82 Å². The molecule has 1 N–H and O–H groups in total. The Labute approximate surface area is 199 Å². The number of aromatic nitrogens is 3. The zero-order chi connectivity index (χ0) is 22.7. The minimum atomic E-state index is -0.411. The highest BCUT2D eigenvalue weighted by Gasteiger charge is 2.20. The largest absolute Gasteiger partial charge is 0.494 e. The molecule has 3 aromatic carbocycles. The molecule has 8 heteroatoms. The SMILES string of the molecule is CCOc1ccc(NC(=O)c2nc(-c3ccc(Br)cc3)n(-c3cccc(Cl)c3C)n2)cc1. The number of benzene rings is 3. The molecule has 32 heavy (non-hydrogen) atoms. The first kappa shape index (κ1) is 22.0. The maximum atomic E-state index is 12.9. The van der Waals surface area contributed by atoms with Gasteiger partial charge >= 0.3 is 0 Å². The molecule has 0 atom stereocenters. The molecule has 1 heterocycles. The Morgan fingerprint density at radius 2 is 1.81 bits per heavy atom. The van der Waals surface area contributed by atoms with Crippen LogP contribution in [-0.4, -0.2) is 27.3 Å². The molecule has 1 aromatic heterocycles. The van der Waals surface area contributed by atoms with Gasteiger partial charge in [0.15, 0.2) is 5.82 Å². The lowest BCUT2D eigenvalue weighted by Gasteiger charge is -2.10. The molecule has 1 amide bonds. The summed E-state index contributed by atoms with van der Waals surface area (Å²) in [5, 5.41) is 7.97. The minimum absolute atomic E-state index is 0.0520. The Morgan fingerprint density at radius 3 is 2.50 bits per heavy atom. The van der Waals surface area contributed by atoms with E-state index in [2.05, 4.69) is 31.3 Å². The van der Waals surface area contributed by atoms with Crippen LogP contribution in [0.15, 0.2) is 71.2 Å². The van der Waals surface area contributed by atoms with Gasteiger partial charge < -0.3 is 10.1 Å². The molecule has 0 radical (unpaired) electrons. The van der Waals surface area contributed by atoms with E-state index in [4.69, 9.17) is 16.3 Å². The van der Waals surface area contributed by atoms with Crippen LogP contribution in [0.5, 0.6) is 5.75 Å². The van der Waals surface area contributed by atoms with Crippen LogP contribution in [0.3, 0.4) is 0 Å². The van der Waals surface area contributed by atoms with Gasteiger partial charge in [-0.25, -0.2) is 9.67 Å². The molecule has 0 saturated heterocycles. The van der Waals surface area contributed by atoms with Gasteiger partial charge in [0.1, 0.15) is 5.75 Å². The number of carbonyl (C=O) groups excluding carboxylic acids is 1. The second-order valence-electron chi connectivity index (χ2n) is 6.97. The average molecular weight is 512 g/mol. The van der Waals surface area contributed by atoms with E-state index >= 15 is 0 Å². The van der Waals surface area contributed by atoms with Gasteiger partial charge in [-0.05, 0) is 67.9 Å². The molecule has 0 spiro atoms. The van der Waals surface area contributed by atoms with Gasteiger partial charge in [-0.1, -0.05) is 45.7 Å². The van der Waals surface area contributed by atoms with Crippen molar-refractivity contribution in [2.75, 3.05) is 11.9 Å². The lowest BCUT2D eigenvalue weighted by atomic mass is 10.1. The molecule has 0 fully saturated rings. The molecular formula is C24H20BrClN4O2. The third-order valence-electron chi connectivity index (χ3n) is 4.80. The molecule has 4 rings (SSSR count). The van der Waals surface area contributed by atoms with Crippen LogP contribution in [0.25, 0.3) is 17.1 Å². The number of anilines is 1. The molecule has 0 unspecified atom stereocenters. The lowest BCUT2D eigenvalue weighted by Crippen LogP contribution is -2.14. The first-order valence-electron chi connectivity index (χ1n) is 9.99. The Kier molecular flexibility index (Phi) is 6.58. The van der Waals surface area contributed by atoms with Crippen molar-refractivity contribution < 1.29 is 9.53 Å². The van der Waals surface area contributed by atoms with Crippen molar-refractivity contribution in [1.82, 2.24) is 14.8 Å². The number of carbonyl (C=O) groups is 1. The fourth-order valence-electron chi connectivity index (χ4n) is 3.18. The normalized spacial score (nSPS) is 10.8. The van der Waals surface area contributed by atoms with E-state index in [0.29, 0.717) is 23.1 Å². The Hall–Kier alpha value is -3.16. The van der Waals surface area contributed by atoms with E-state index < -0.39 is 5.91 Å². The summed E-state index contributed by atoms with van der Waals surface area (Å²) in [5.41, 5.74) is 3.04. The van der Waals surface area contributed by atoms with Gasteiger partial charge in [0.25, 0.3) is 5.91 Å². The van der Waals surface area contributed by atoms with Gasteiger partial charge in [0.05, 0.1) is 12.3 Å². The van der Waals surface area contributed by atoms with Crippen LogP contribution in [0.2, 0.25) is 5.02 Å². The van der Waals surface area contributed by atoms with Gasteiger partial charge in [-0.3, -0.25) is 4.79 Å². The van der Waals surface area contributed by atoms with Gasteiger partial charge in [0, 0.05) is 20.7 Å². The predicted octanol–water partition coefficient (Wildman–Crippen LogP) is 6.31. The van der Waals surface area contributed by atoms with Crippen molar-refractivity contribution in [3.05, 3.63) is 87.6 Å². The lowest BCUT2D eigenvalue weighted by molar-refractivity contribution is 0.101. The number of nitrogens with one attached hydrogen (secondary N) is 1. The molecule has 6 nitrogen and oxygen atoms in total. The Morgan fingerprint density at radius 1 is 1.09 bits per heavy atom. The van der Waals surface area contributed by atoms with Gasteiger partial charge in [-0.15, -0.1) is 5.10 Å². The molecule has 162 valence electrons. The summed E-state index contributed by atoms with van der Waals surface area (Å²) in [7, 11) is 0. The zero-order valence-corrected chi connectivity index (χ0v) is 19.8. The summed E-state index contributed by atoms with van der Waals surface area (Å²) < 4.78 is 8.04. The van der Waals surface area contributed by atoms with Crippen molar-refractivity contribution in [3.63, 3.8) is 0 Å². The van der Waals surface area contributed by atoms with Crippen molar-refractivity contribution in [1.29, 1.82) is 0 Å². The van der Waals surface area contributed by atoms with Gasteiger partial charge in [0.2, 0.25) is 5.82 Å². The molecule has 0 aliphatic heterocycles. The zero-order valence-electron chi connectivity index (χ0n) is 17.5. The van der Waals surface area contributed by atoms with Crippen LogP contribution in [0.4, 0.5) is 5.69 Å². The monoisotopic (exact) mass is 510 g/mol. The first-order valence-corrected chi connectivity index (χ1v) is 11.2. The summed E-state index contributed by atoms with van der Waals surface area (Å²) in [5.74, 6) is 0.920. The fourth-order valence-corrected chi connectivity index (χ4v) is 3.61. The van der Waals surface area contributed by atoms with Crippen LogP contribution in [-0.2, 0) is 0 Å². The predicted molar refractivity (Wildman–Crippen MR) is 130 cm³/mol. The van der Waals surface area contributed by atoms with E-state index in [1.54, 1.807) is 28.9 Å². The van der Waals surface area contributed by atoms with Crippen LogP contribution < -0.4 is 10.1 Å². The molecule has 0 aliphatic rings. The van der Waals surface area contributed by atoms with E-state index in [1.165, 1.54) is 0 Å². The summed E-state index contributed by atoms with van der Waals surface area (Å²) in [6.45, 7) is 4.40. The van der Waals surface area contributed by atoms with Gasteiger partial charge in [-0.2, -0.15) is 0 Å². The van der Waals surface area contributed by atoms with Crippen molar-refractivity contribution in [2.24, 2.45) is 0 Å². The minimum Gasteiger partial charge on any atom is -0.494 e. The molecule has 0 aliphatic carbocycles. The maximum Gasteiger partial charge on any atom is 0.295 e.